The second kappa shape index (κ2) is 9.82. The first-order chi connectivity index (χ1) is 18.2. The number of carbonyl (C=O) groups is 4. The number of carboxylic acid groups (broad SMARTS) is 1. The fourth-order valence-corrected chi connectivity index (χ4v) is 6.12. The quantitative estimate of drug-likeness (QED) is 0.143. The van der Waals surface area contributed by atoms with Gasteiger partial charge >= 0.3 is 5.65 Å². The van der Waals surface area contributed by atoms with Crippen LogP contribution in [-0.2, 0) is 32.3 Å². The fraction of sp³-hybridized carbons (Fsp3) is 0.286. The number of amides is 3. The Morgan fingerprint density at radius 3 is 2.82 bits per heavy atom. The van der Waals surface area contributed by atoms with Crippen molar-refractivity contribution in [3.63, 3.8) is 0 Å². The summed E-state index contributed by atoms with van der Waals surface area (Å²) in [4.78, 5) is 62.7. The van der Waals surface area contributed by atoms with Gasteiger partial charge in [0.1, 0.15) is 30.0 Å². The number of β-lactam (4-membered cyclic amide) rings is 1. The minimum absolute atomic E-state index is 0.0366. The van der Waals surface area contributed by atoms with Gasteiger partial charge in [0.05, 0.1) is 17.9 Å². The van der Waals surface area contributed by atoms with Crippen LogP contribution in [0.2, 0.25) is 0 Å². The van der Waals surface area contributed by atoms with Gasteiger partial charge in [0, 0.05) is 29.9 Å². The maximum Gasteiger partial charge on any atom is 0.349 e. The van der Waals surface area contributed by atoms with Crippen LogP contribution in [0.5, 0.6) is 0 Å². The van der Waals surface area contributed by atoms with Crippen molar-refractivity contribution in [1.29, 1.82) is 0 Å². The number of anilines is 1. The second-order valence-corrected chi connectivity index (χ2v) is 10.2. The molecule has 2 aliphatic rings. The van der Waals surface area contributed by atoms with E-state index in [0.717, 1.165) is 16.4 Å². The number of carboxylic acids is 1. The minimum atomic E-state index is -1.51. The number of thioether (sulfide) groups is 1. The Balaban J connectivity index is 1.38. The average Bonchev–Trinajstić information content (AvgIpc) is 3.49. The number of nitrogens with two attached hydrogens (primary N) is 2. The lowest BCUT2D eigenvalue weighted by atomic mass is 10.0. The smallest absolute Gasteiger partial charge is 0.349 e. The van der Waals surface area contributed by atoms with E-state index in [9.17, 15) is 24.3 Å². The van der Waals surface area contributed by atoms with Gasteiger partial charge < -0.3 is 26.7 Å². The number of nitrogens with one attached hydrogen (secondary N) is 1. The number of aliphatic imine (C=N–C) groups is 1. The number of imidazole rings is 1. The predicted octanol–water partition coefficient (Wildman–Crippen LogP) is -3.23. The molecular weight excluding hydrogens is 536 g/mol. The molecule has 5 rings (SSSR count). The van der Waals surface area contributed by atoms with E-state index in [1.54, 1.807) is 27.5 Å². The Morgan fingerprint density at radius 1 is 1.37 bits per heavy atom. The molecule has 15 nitrogen and oxygen atoms in total. The topological polar surface area (TPSA) is 218 Å². The van der Waals surface area contributed by atoms with E-state index >= 15 is 0 Å². The lowest BCUT2D eigenvalue weighted by Gasteiger charge is -2.50. The zero-order chi connectivity index (χ0) is 27.1. The molecule has 2 atom stereocenters. The van der Waals surface area contributed by atoms with Crippen LogP contribution in [0.15, 0.2) is 40.9 Å². The number of hydrogen-bond donors (Lipinski definition) is 3. The van der Waals surface area contributed by atoms with Crippen LogP contribution >= 0.6 is 23.3 Å². The molecule has 0 bridgehead atoms. The Labute approximate surface area is 222 Å². The molecule has 0 saturated carbocycles. The molecule has 3 amide bonds. The van der Waals surface area contributed by atoms with Crippen molar-refractivity contribution in [3.05, 3.63) is 41.8 Å². The minimum Gasteiger partial charge on any atom is -0.543 e. The summed E-state index contributed by atoms with van der Waals surface area (Å²) in [5.41, 5.74) is 12.1. The Bertz CT molecular complexity index is 1560. The van der Waals surface area contributed by atoms with Crippen molar-refractivity contribution in [2.45, 2.75) is 24.5 Å². The van der Waals surface area contributed by atoms with Gasteiger partial charge in [-0.15, -0.1) is 11.8 Å². The zero-order valence-electron chi connectivity index (χ0n) is 19.7. The van der Waals surface area contributed by atoms with Gasteiger partial charge in [0.25, 0.3) is 11.8 Å². The molecule has 2 unspecified atom stereocenters. The number of primary amides is 1. The van der Waals surface area contributed by atoms with Gasteiger partial charge in [-0.05, 0) is 17.1 Å². The Morgan fingerprint density at radius 2 is 2.16 bits per heavy atom. The molecule has 17 heteroatoms. The normalized spacial score (nSPS) is 19.3. The van der Waals surface area contributed by atoms with Gasteiger partial charge in [0.2, 0.25) is 12.2 Å². The Hall–Kier alpha value is -4.38. The van der Waals surface area contributed by atoms with E-state index in [1.807, 2.05) is 0 Å². The SMILES string of the molecule is CN=C(C(=O)NC1C(=O)N2C(C(=O)[O-])=C(C[n+]3cccc4c3ncn4CC(N)=O)CSC12)c1nsc(N)n1. The van der Waals surface area contributed by atoms with Crippen molar-refractivity contribution in [3.8, 4) is 0 Å². The zero-order valence-corrected chi connectivity index (χ0v) is 21.4. The lowest BCUT2D eigenvalue weighted by Crippen LogP contribution is -2.71. The third kappa shape index (κ3) is 4.34. The molecule has 0 radical (unpaired) electrons. The standard InChI is InChI=1S/C21H20N10O5S2/c1-24-12(15-27-21(23)38-28-15)17(33)26-13-18(34)31-14(20(35)36)9(7-37-19(13)31)5-29-4-2-3-10-16(29)25-8-30(10)6-11(22)32/h2-4,8,13,19H,5-7H2,1H3,(H5-,22,23,26,27,28,32,33,35,36). The molecule has 3 aromatic heterocycles. The van der Waals surface area contributed by atoms with Crippen LogP contribution in [0.3, 0.4) is 0 Å². The first kappa shape index (κ1) is 25.3. The predicted molar refractivity (Wildman–Crippen MR) is 133 cm³/mol. The summed E-state index contributed by atoms with van der Waals surface area (Å²) in [7, 11) is 1.38. The van der Waals surface area contributed by atoms with E-state index in [0.29, 0.717) is 16.7 Å². The van der Waals surface area contributed by atoms with Crippen LogP contribution in [0, 0.1) is 0 Å². The number of aliphatic carboxylic acids is 1. The van der Waals surface area contributed by atoms with Crippen LogP contribution in [0.1, 0.15) is 5.82 Å². The van der Waals surface area contributed by atoms with Gasteiger partial charge in [-0.3, -0.25) is 28.8 Å². The first-order valence-electron chi connectivity index (χ1n) is 11.1. The number of aromatic nitrogens is 5. The molecular formula is C21H20N10O5S2. The molecule has 1 saturated heterocycles. The van der Waals surface area contributed by atoms with Crippen LogP contribution < -0.4 is 26.5 Å². The van der Waals surface area contributed by atoms with E-state index in [-0.39, 0.29) is 41.2 Å². The van der Waals surface area contributed by atoms with Crippen LogP contribution in [0.25, 0.3) is 11.2 Å². The van der Waals surface area contributed by atoms with E-state index in [4.69, 9.17) is 11.5 Å². The molecule has 0 aliphatic carbocycles. The number of nitrogens with zero attached hydrogens (tertiary/aromatic N) is 7. The van der Waals surface area contributed by atoms with Gasteiger partial charge in [-0.25, -0.2) is 4.57 Å². The fourth-order valence-electron chi connectivity index (χ4n) is 4.35. The second-order valence-electron chi connectivity index (χ2n) is 8.31. The third-order valence-corrected chi connectivity index (χ3v) is 7.84. The number of pyridine rings is 1. The molecule has 5 heterocycles. The van der Waals surface area contributed by atoms with Crippen molar-refractivity contribution in [1.82, 2.24) is 29.1 Å². The summed E-state index contributed by atoms with van der Waals surface area (Å²) in [6, 6.07) is 2.52. The van der Waals surface area contributed by atoms with Crippen molar-refractivity contribution < 1.29 is 28.9 Å². The number of nitrogen functional groups attached to an aromatic ring is 1. The van der Waals surface area contributed by atoms with E-state index in [1.165, 1.54) is 25.1 Å². The van der Waals surface area contributed by atoms with E-state index < -0.39 is 35.1 Å². The molecule has 5 N–H and O–H groups in total. The number of hydrogen-bond acceptors (Lipinski definition) is 12. The van der Waals surface area contributed by atoms with E-state index in [2.05, 4.69) is 24.7 Å². The summed E-state index contributed by atoms with van der Waals surface area (Å²) < 4.78 is 7.27. The molecule has 1 fully saturated rings. The lowest BCUT2D eigenvalue weighted by molar-refractivity contribution is -0.664. The summed E-state index contributed by atoms with van der Waals surface area (Å²) >= 11 is 2.21. The third-order valence-electron chi connectivity index (χ3n) is 5.96. The highest BCUT2D eigenvalue weighted by Crippen LogP contribution is 2.40. The Kier molecular flexibility index (Phi) is 6.53. The maximum atomic E-state index is 13.0. The maximum absolute atomic E-state index is 13.0. The largest absolute Gasteiger partial charge is 0.543 e. The average molecular weight is 557 g/mol. The van der Waals surface area contributed by atoms with Crippen molar-refractivity contribution in [2.75, 3.05) is 18.5 Å². The van der Waals surface area contributed by atoms with Crippen molar-refractivity contribution in [2.24, 2.45) is 10.7 Å². The van der Waals surface area contributed by atoms with Crippen LogP contribution in [0.4, 0.5) is 5.13 Å². The summed E-state index contributed by atoms with van der Waals surface area (Å²) in [6.07, 6.45) is 3.19. The van der Waals surface area contributed by atoms with Crippen molar-refractivity contribution >= 4 is 69.0 Å². The van der Waals surface area contributed by atoms with Gasteiger partial charge in [-0.1, -0.05) is 0 Å². The molecule has 38 heavy (non-hydrogen) atoms. The highest BCUT2D eigenvalue weighted by atomic mass is 32.2. The van der Waals surface area contributed by atoms with Crippen LogP contribution in [-0.4, -0.2) is 77.4 Å². The number of rotatable bonds is 8. The molecule has 3 aromatic rings. The summed E-state index contributed by atoms with van der Waals surface area (Å²) in [5.74, 6) is -3.01. The summed E-state index contributed by atoms with van der Waals surface area (Å²) in [6.45, 7) is 0.0507. The molecule has 196 valence electrons. The highest BCUT2D eigenvalue weighted by Gasteiger charge is 2.53. The number of carbonyl (C=O) groups excluding carboxylic acids is 4. The van der Waals surface area contributed by atoms with Gasteiger partial charge in [0.15, 0.2) is 16.7 Å². The van der Waals surface area contributed by atoms with Gasteiger partial charge in [-0.2, -0.15) is 9.36 Å². The monoisotopic (exact) mass is 556 g/mol. The number of fused-ring (bicyclic) bond motifs is 2. The molecule has 0 aromatic carbocycles. The summed E-state index contributed by atoms with van der Waals surface area (Å²) in [5, 5.41) is 14.3. The molecule has 2 aliphatic heterocycles. The highest BCUT2D eigenvalue weighted by molar-refractivity contribution is 8.00. The molecule has 0 spiro atoms. The first-order valence-corrected chi connectivity index (χ1v) is 12.9.